The van der Waals surface area contributed by atoms with E-state index in [1.807, 2.05) is 0 Å². The molecule has 0 aliphatic carbocycles. The molecule has 0 atom stereocenters. The summed E-state index contributed by atoms with van der Waals surface area (Å²) in [6.07, 6.45) is -4.49. The Balaban J connectivity index is 2.48. The summed E-state index contributed by atoms with van der Waals surface area (Å²) in [5.74, 6) is 0.155. The van der Waals surface area contributed by atoms with Crippen molar-refractivity contribution in [3.63, 3.8) is 0 Å². The SMILES string of the molecule is NCc1nc(-c2cc(Cl)cc(C(F)(F)F)c2)no1. The van der Waals surface area contributed by atoms with Gasteiger partial charge in [0.1, 0.15) is 0 Å². The van der Waals surface area contributed by atoms with E-state index in [1.165, 1.54) is 6.07 Å². The van der Waals surface area contributed by atoms with Crippen LogP contribution in [0, 0.1) is 0 Å². The van der Waals surface area contributed by atoms with E-state index in [-0.39, 0.29) is 28.8 Å². The zero-order chi connectivity index (χ0) is 13.3. The molecule has 0 unspecified atom stereocenters. The number of hydrogen-bond acceptors (Lipinski definition) is 4. The van der Waals surface area contributed by atoms with Gasteiger partial charge in [-0.1, -0.05) is 16.8 Å². The van der Waals surface area contributed by atoms with Gasteiger partial charge >= 0.3 is 6.18 Å². The van der Waals surface area contributed by atoms with Gasteiger partial charge < -0.3 is 10.3 Å². The van der Waals surface area contributed by atoms with E-state index < -0.39 is 11.7 Å². The van der Waals surface area contributed by atoms with Crippen LogP contribution in [-0.2, 0) is 12.7 Å². The quantitative estimate of drug-likeness (QED) is 0.917. The molecule has 2 rings (SSSR count). The molecule has 0 radical (unpaired) electrons. The van der Waals surface area contributed by atoms with Gasteiger partial charge in [0.25, 0.3) is 0 Å². The van der Waals surface area contributed by atoms with Crippen molar-refractivity contribution < 1.29 is 17.7 Å². The summed E-state index contributed by atoms with van der Waals surface area (Å²) in [5.41, 5.74) is 4.52. The van der Waals surface area contributed by atoms with Crippen LogP contribution in [0.25, 0.3) is 11.4 Å². The maximum atomic E-state index is 12.6. The molecule has 0 fully saturated rings. The second-order valence-corrected chi connectivity index (χ2v) is 3.88. The number of nitrogens with two attached hydrogens (primary N) is 1. The Morgan fingerprint density at radius 2 is 2.00 bits per heavy atom. The van der Waals surface area contributed by atoms with Gasteiger partial charge in [0.2, 0.25) is 11.7 Å². The predicted molar refractivity (Wildman–Crippen MR) is 57.6 cm³/mol. The number of rotatable bonds is 2. The molecule has 2 N–H and O–H groups in total. The largest absolute Gasteiger partial charge is 0.416 e. The van der Waals surface area contributed by atoms with Crippen LogP contribution in [0.5, 0.6) is 0 Å². The van der Waals surface area contributed by atoms with Crippen LogP contribution in [0.4, 0.5) is 13.2 Å². The van der Waals surface area contributed by atoms with Gasteiger partial charge in [0.15, 0.2) is 0 Å². The maximum absolute atomic E-state index is 12.6. The van der Waals surface area contributed by atoms with Gasteiger partial charge in [-0.05, 0) is 18.2 Å². The Kier molecular flexibility index (Phi) is 3.27. The average molecular weight is 278 g/mol. The molecule has 4 nitrogen and oxygen atoms in total. The molecule has 1 heterocycles. The lowest BCUT2D eigenvalue weighted by atomic mass is 10.1. The first kappa shape index (κ1) is 12.8. The van der Waals surface area contributed by atoms with E-state index in [9.17, 15) is 13.2 Å². The van der Waals surface area contributed by atoms with Crippen molar-refractivity contribution in [3.8, 4) is 11.4 Å². The molecule has 1 aromatic carbocycles. The zero-order valence-electron chi connectivity index (χ0n) is 8.83. The van der Waals surface area contributed by atoms with Gasteiger partial charge in [-0.25, -0.2) is 0 Å². The molecule has 0 saturated carbocycles. The van der Waals surface area contributed by atoms with Crippen LogP contribution < -0.4 is 5.73 Å². The monoisotopic (exact) mass is 277 g/mol. The lowest BCUT2D eigenvalue weighted by molar-refractivity contribution is -0.137. The minimum Gasteiger partial charge on any atom is -0.338 e. The van der Waals surface area contributed by atoms with Crippen LogP contribution in [0.2, 0.25) is 5.02 Å². The number of aromatic nitrogens is 2. The maximum Gasteiger partial charge on any atom is 0.416 e. The standard InChI is InChI=1S/C10H7ClF3N3O/c11-7-2-5(1-6(3-7)10(12,13)14)9-16-8(4-15)18-17-9/h1-3H,4,15H2. The van der Waals surface area contributed by atoms with E-state index in [2.05, 4.69) is 10.1 Å². The van der Waals surface area contributed by atoms with Crippen molar-refractivity contribution in [2.45, 2.75) is 12.7 Å². The van der Waals surface area contributed by atoms with E-state index in [4.69, 9.17) is 21.9 Å². The molecule has 18 heavy (non-hydrogen) atoms. The van der Waals surface area contributed by atoms with Gasteiger partial charge in [-0.15, -0.1) is 0 Å². The van der Waals surface area contributed by atoms with Crippen molar-refractivity contribution in [3.05, 3.63) is 34.7 Å². The summed E-state index contributed by atoms with van der Waals surface area (Å²) in [4.78, 5) is 3.83. The number of benzene rings is 1. The highest BCUT2D eigenvalue weighted by Gasteiger charge is 2.31. The molecule has 0 bridgehead atoms. The molecule has 0 amide bonds. The molecule has 0 aliphatic rings. The highest BCUT2D eigenvalue weighted by Crippen LogP contribution is 2.34. The van der Waals surface area contributed by atoms with Gasteiger partial charge in [0, 0.05) is 10.6 Å². The second kappa shape index (κ2) is 4.58. The lowest BCUT2D eigenvalue weighted by Gasteiger charge is -2.08. The highest BCUT2D eigenvalue weighted by molar-refractivity contribution is 6.30. The van der Waals surface area contributed by atoms with Crippen molar-refractivity contribution in [1.29, 1.82) is 0 Å². The normalized spacial score (nSPS) is 11.8. The molecule has 96 valence electrons. The predicted octanol–water partition coefficient (Wildman–Crippen LogP) is 2.87. The van der Waals surface area contributed by atoms with Gasteiger partial charge in [-0.3, -0.25) is 0 Å². The van der Waals surface area contributed by atoms with Crippen LogP contribution in [-0.4, -0.2) is 10.1 Å². The van der Waals surface area contributed by atoms with E-state index in [0.29, 0.717) is 0 Å². The molecule has 0 aliphatic heterocycles. The van der Waals surface area contributed by atoms with E-state index >= 15 is 0 Å². The Labute approximate surface area is 105 Å². The third-order valence-corrected chi connectivity index (χ3v) is 2.34. The van der Waals surface area contributed by atoms with Gasteiger partial charge in [-0.2, -0.15) is 18.2 Å². The Morgan fingerprint density at radius 1 is 1.28 bits per heavy atom. The number of halogens is 4. The summed E-state index contributed by atoms with van der Waals surface area (Å²) in [5, 5.41) is 3.47. The molecular formula is C10H7ClF3N3O. The molecule has 8 heteroatoms. The van der Waals surface area contributed by atoms with Crippen molar-refractivity contribution >= 4 is 11.6 Å². The minimum absolute atomic E-state index is 0.0136. The fraction of sp³-hybridized carbons (Fsp3) is 0.200. The van der Waals surface area contributed by atoms with Crippen molar-refractivity contribution in [1.82, 2.24) is 10.1 Å². The molecule has 2 aromatic rings. The fourth-order valence-corrected chi connectivity index (χ4v) is 1.57. The smallest absolute Gasteiger partial charge is 0.338 e. The van der Waals surface area contributed by atoms with Crippen LogP contribution in [0.3, 0.4) is 0 Å². The van der Waals surface area contributed by atoms with Crippen molar-refractivity contribution in [2.24, 2.45) is 5.73 Å². The second-order valence-electron chi connectivity index (χ2n) is 3.44. The molecular weight excluding hydrogens is 271 g/mol. The van der Waals surface area contributed by atoms with Crippen LogP contribution >= 0.6 is 11.6 Å². The summed E-state index contributed by atoms with van der Waals surface area (Å²) in [7, 11) is 0. The van der Waals surface area contributed by atoms with Crippen LogP contribution in [0.15, 0.2) is 22.7 Å². The summed E-state index contributed by atoms with van der Waals surface area (Å²) < 4.78 is 42.5. The lowest BCUT2D eigenvalue weighted by Crippen LogP contribution is -2.05. The topological polar surface area (TPSA) is 64.9 Å². The molecule has 1 aromatic heterocycles. The zero-order valence-corrected chi connectivity index (χ0v) is 9.59. The average Bonchev–Trinajstić information content (AvgIpc) is 2.75. The molecule has 0 saturated heterocycles. The molecule has 0 spiro atoms. The van der Waals surface area contributed by atoms with Crippen LogP contribution in [0.1, 0.15) is 11.5 Å². The van der Waals surface area contributed by atoms with Gasteiger partial charge in [0.05, 0.1) is 12.1 Å². The summed E-state index contributed by atoms with van der Waals surface area (Å²) in [6, 6.07) is 3.05. The van der Waals surface area contributed by atoms with E-state index in [0.717, 1.165) is 12.1 Å². The first-order valence-corrected chi connectivity index (χ1v) is 5.19. The Bertz CT molecular complexity index is 568. The minimum atomic E-state index is -4.49. The summed E-state index contributed by atoms with van der Waals surface area (Å²) >= 11 is 5.64. The van der Waals surface area contributed by atoms with Crippen molar-refractivity contribution in [2.75, 3.05) is 0 Å². The third-order valence-electron chi connectivity index (χ3n) is 2.13. The number of nitrogens with zero attached hydrogens (tertiary/aromatic N) is 2. The van der Waals surface area contributed by atoms with E-state index in [1.54, 1.807) is 0 Å². The fourth-order valence-electron chi connectivity index (χ4n) is 1.34. The Morgan fingerprint density at radius 3 is 2.56 bits per heavy atom. The summed E-state index contributed by atoms with van der Waals surface area (Å²) in [6.45, 7) is 0.0136. The first-order valence-electron chi connectivity index (χ1n) is 4.81. The number of alkyl halides is 3. The highest BCUT2D eigenvalue weighted by atomic mass is 35.5. The number of hydrogen-bond donors (Lipinski definition) is 1. The third kappa shape index (κ3) is 2.62. The Hall–Kier alpha value is -1.60. The first-order chi connectivity index (χ1) is 8.40.